The molecule has 1 N–H and O–H groups in total. The SMILES string of the molecule is COc1ccc(F)c(NC2CC(C)CCC2C(C)C)c1. The largest absolute Gasteiger partial charge is 0.497 e. The molecule has 1 saturated carbocycles. The van der Waals surface area contributed by atoms with Crippen molar-refractivity contribution in [1.82, 2.24) is 0 Å². The minimum absolute atomic E-state index is 0.202. The van der Waals surface area contributed by atoms with E-state index < -0.39 is 0 Å². The first-order valence-electron chi connectivity index (χ1n) is 7.61. The standard InChI is InChI=1S/C17H26FNO/c1-11(2)14-7-5-12(3)9-16(14)19-17-10-13(20-4)6-8-15(17)18/h6,8,10-12,14,16,19H,5,7,9H2,1-4H3. The molecule has 3 atom stereocenters. The molecule has 0 aromatic heterocycles. The molecule has 1 aromatic rings. The number of nitrogens with one attached hydrogen (secondary N) is 1. The van der Waals surface area contributed by atoms with Crippen LogP contribution in [0.15, 0.2) is 18.2 Å². The molecule has 0 radical (unpaired) electrons. The van der Waals surface area contributed by atoms with E-state index in [0.29, 0.717) is 35.2 Å². The van der Waals surface area contributed by atoms with E-state index in [9.17, 15) is 4.39 Å². The number of anilines is 1. The van der Waals surface area contributed by atoms with Gasteiger partial charge in [0.25, 0.3) is 0 Å². The van der Waals surface area contributed by atoms with Gasteiger partial charge >= 0.3 is 0 Å². The van der Waals surface area contributed by atoms with Crippen LogP contribution in [-0.2, 0) is 0 Å². The molecular formula is C17H26FNO. The summed E-state index contributed by atoms with van der Waals surface area (Å²) in [5, 5.41) is 3.43. The lowest BCUT2D eigenvalue weighted by atomic mass is 9.74. The quantitative estimate of drug-likeness (QED) is 0.862. The summed E-state index contributed by atoms with van der Waals surface area (Å²) in [4.78, 5) is 0. The van der Waals surface area contributed by atoms with E-state index in [1.165, 1.54) is 18.9 Å². The highest BCUT2D eigenvalue weighted by Crippen LogP contribution is 2.36. The third-order valence-corrected chi connectivity index (χ3v) is 4.54. The van der Waals surface area contributed by atoms with Crippen LogP contribution in [0.5, 0.6) is 5.75 Å². The number of hydrogen-bond acceptors (Lipinski definition) is 2. The van der Waals surface area contributed by atoms with Crippen LogP contribution in [0.3, 0.4) is 0 Å². The summed E-state index contributed by atoms with van der Waals surface area (Å²) in [6, 6.07) is 5.23. The molecule has 20 heavy (non-hydrogen) atoms. The number of ether oxygens (including phenoxy) is 1. The van der Waals surface area contributed by atoms with Crippen LogP contribution < -0.4 is 10.1 Å². The normalized spacial score (nSPS) is 26.6. The molecule has 0 amide bonds. The van der Waals surface area contributed by atoms with Crippen LogP contribution in [0.25, 0.3) is 0 Å². The molecule has 112 valence electrons. The molecule has 1 fully saturated rings. The second kappa shape index (κ2) is 6.47. The lowest BCUT2D eigenvalue weighted by molar-refractivity contribution is 0.211. The number of methoxy groups -OCH3 is 1. The van der Waals surface area contributed by atoms with Gasteiger partial charge in [-0.15, -0.1) is 0 Å². The predicted octanol–water partition coefficient (Wildman–Crippen LogP) is 4.71. The lowest BCUT2D eigenvalue weighted by Crippen LogP contribution is -2.38. The maximum atomic E-state index is 14.0. The molecule has 0 bridgehead atoms. The van der Waals surface area contributed by atoms with Crippen LogP contribution in [0, 0.1) is 23.6 Å². The summed E-state index contributed by atoms with van der Waals surface area (Å²) in [7, 11) is 1.61. The number of rotatable bonds is 4. The first-order valence-corrected chi connectivity index (χ1v) is 7.61. The van der Waals surface area contributed by atoms with Crippen molar-refractivity contribution in [3.63, 3.8) is 0 Å². The zero-order chi connectivity index (χ0) is 14.7. The Hall–Kier alpha value is -1.25. The first-order chi connectivity index (χ1) is 9.51. The Kier molecular flexibility index (Phi) is 4.90. The van der Waals surface area contributed by atoms with Gasteiger partial charge in [-0.05, 0) is 42.7 Å². The van der Waals surface area contributed by atoms with Crippen molar-refractivity contribution in [2.75, 3.05) is 12.4 Å². The van der Waals surface area contributed by atoms with Crippen LogP contribution >= 0.6 is 0 Å². The molecule has 1 aromatic carbocycles. The van der Waals surface area contributed by atoms with Crippen molar-refractivity contribution < 1.29 is 9.13 Å². The van der Waals surface area contributed by atoms with Crippen LogP contribution in [0.4, 0.5) is 10.1 Å². The second-order valence-corrected chi connectivity index (χ2v) is 6.42. The van der Waals surface area contributed by atoms with E-state index in [-0.39, 0.29) is 5.82 Å². The second-order valence-electron chi connectivity index (χ2n) is 6.42. The number of benzene rings is 1. The zero-order valence-corrected chi connectivity index (χ0v) is 12.9. The van der Waals surface area contributed by atoms with E-state index in [4.69, 9.17) is 4.74 Å². The Bertz CT molecular complexity index is 447. The first kappa shape index (κ1) is 15.1. The van der Waals surface area contributed by atoms with E-state index >= 15 is 0 Å². The van der Waals surface area contributed by atoms with Gasteiger partial charge < -0.3 is 10.1 Å². The van der Waals surface area contributed by atoms with Crippen LogP contribution in [-0.4, -0.2) is 13.2 Å². The molecule has 2 rings (SSSR count). The molecule has 3 unspecified atom stereocenters. The molecule has 0 aliphatic heterocycles. The Morgan fingerprint density at radius 2 is 2.05 bits per heavy atom. The van der Waals surface area contributed by atoms with E-state index in [1.54, 1.807) is 19.2 Å². The maximum Gasteiger partial charge on any atom is 0.146 e. The summed E-state index contributed by atoms with van der Waals surface area (Å²) in [6.07, 6.45) is 3.61. The average Bonchev–Trinajstić information content (AvgIpc) is 2.41. The van der Waals surface area contributed by atoms with Gasteiger partial charge in [0.1, 0.15) is 11.6 Å². The fourth-order valence-electron chi connectivity index (χ4n) is 3.31. The Morgan fingerprint density at radius 3 is 2.70 bits per heavy atom. The third kappa shape index (κ3) is 3.44. The summed E-state index contributed by atoms with van der Waals surface area (Å²) in [6.45, 7) is 6.81. The minimum atomic E-state index is -0.202. The Morgan fingerprint density at radius 1 is 1.30 bits per heavy atom. The monoisotopic (exact) mass is 279 g/mol. The molecule has 0 saturated heterocycles. The zero-order valence-electron chi connectivity index (χ0n) is 12.9. The molecule has 2 nitrogen and oxygen atoms in total. The van der Waals surface area contributed by atoms with Gasteiger partial charge in [0, 0.05) is 12.1 Å². The Balaban J connectivity index is 2.17. The highest BCUT2D eigenvalue weighted by molar-refractivity contribution is 5.50. The summed E-state index contributed by atoms with van der Waals surface area (Å²) >= 11 is 0. The predicted molar refractivity (Wildman–Crippen MR) is 81.7 cm³/mol. The topological polar surface area (TPSA) is 21.3 Å². The third-order valence-electron chi connectivity index (χ3n) is 4.54. The molecule has 0 heterocycles. The van der Waals surface area contributed by atoms with E-state index in [0.717, 1.165) is 6.42 Å². The Labute approximate surface area is 121 Å². The highest BCUT2D eigenvalue weighted by atomic mass is 19.1. The van der Waals surface area contributed by atoms with Crippen molar-refractivity contribution in [1.29, 1.82) is 0 Å². The van der Waals surface area contributed by atoms with Gasteiger partial charge in [-0.2, -0.15) is 0 Å². The van der Waals surface area contributed by atoms with Gasteiger partial charge in [0.15, 0.2) is 0 Å². The lowest BCUT2D eigenvalue weighted by Gasteiger charge is -2.38. The van der Waals surface area contributed by atoms with Gasteiger partial charge in [0.2, 0.25) is 0 Å². The summed E-state index contributed by atoms with van der Waals surface area (Å²) in [5.41, 5.74) is 0.564. The van der Waals surface area contributed by atoms with Gasteiger partial charge in [-0.25, -0.2) is 4.39 Å². The van der Waals surface area contributed by atoms with Crippen molar-refractivity contribution in [3.05, 3.63) is 24.0 Å². The highest BCUT2D eigenvalue weighted by Gasteiger charge is 2.31. The molecule has 1 aliphatic rings. The van der Waals surface area contributed by atoms with Gasteiger partial charge in [-0.1, -0.05) is 27.2 Å². The number of halogens is 1. The van der Waals surface area contributed by atoms with E-state index in [2.05, 4.69) is 26.1 Å². The fraction of sp³-hybridized carbons (Fsp3) is 0.647. The molecular weight excluding hydrogens is 253 g/mol. The summed E-state index contributed by atoms with van der Waals surface area (Å²) < 4.78 is 19.2. The molecule has 3 heteroatoms. The smallest absolute Gasteiger partial charge is 0.146 e. The van der Waals surface area contributed by atoms with Crippen LogP contribution in [0.2, 0.25) is 0 Å². The van der Waals surface area contributed by atoms with Crippen molar-refractivity contribution >= 4 is 5.69 Å². The fourth-order valence-corrected chi connectivity index (χ4v) is 3.31. The van der Waals surface area contributed by atoms with Crippen molar-refractivity contribution in [2.45, 2.75) is 46.1 Å². The molecule has 0 spiro atoms. The van der Waals surface area contributed by atoms with Crippen molar-refractivity contribution in [3.8, 4) is 5.75 Å². The molecule has 1 aliphatic carbocycles. The van der Waals surface area contributed by atoms with Crippen LogP contribution in [0.1, 0.15) is 40.0 Å². The summed E-state index contributed by atoms with van der Waals surface area (Å²) in [5.74, 6) is 2.42. The number of hydrogen-bond donors (Lipinski definition) is 1. The average molecular weight is 279 g/mol. The minimum Gasteiger partial charge on any atom is -0.497 e. The van der Waals surface area contributed by atoms with E-state index in [1.807, 2.05) is 0 Å². The van der Waals surface area contributed by atoms with Gasteiger partial charge in [-0.3, -0.25) is 0 Å². The van der Waals surface area contributed by atoms with Crippen molar-refractivity contribution in [2.24, 2.45) is 17.8 Å². The maximum absolute atomic E-state index is 14.0. The van der Waals surface area contributed by atoms with Gasteiger partial charge in [0.05, 0.1) is 12.8 Å².